The van der Waals surface area contributed by atoms with E-state index in [4.69, 9.17) is 4.74 Å². The van der Waals surface area contributed by atoms with Crippen molar-refractivity contribution in [2.75, 3.05) is 26.3 Å². The van der Waals surface area contributed by atoms with E-state index in [9.17, 15) is 14.4 Å². The van der Waals surface area contributed by atoms with Crippen molar-refractivity contribution < 1.29 is 23.9 Å². The minimum atomic E-state index is -0.620. The monoisotopic (exact) mass is 285 g/mol. The summed E-state index contributed by atoms with van der Waals surface area (Å²) >= 11 is 0. The summed E-state index contributed by atoms with van der Waals surface area (Å²) < 4.78 is 9.60. The molecular weight excluding hydrogens is 266 g/mol. The van der Waals surface area contributed by atoms with Crippen LogP contribution in [0.4, 0.5) is 9.59 Å². The molecule has 0 aliphatic carbocycles. The molecule has 0 saturated carbocycles. The van der Waals surface area contributed by atoms with E-state index in [-0.39, 0.29) is 24.6 Å². The number of rotatable bonds is 3. The highest BCUT2D eigenvalue weighted by molar-refractivity contribution is 5.88. The Kier molecular flexibility index (Phi) is 4.65. The number of nitrogens with zero attached hydrogens (tertiary/aromatic N) is 1. The Hall–Kier alpha value is -1.99. The maximum absolute atomic E-state index is 11.9. The Bertz CT molecular complexity index is 393. The predicted octanol–water partition coefficient (Wildman–Crippen LogP) is -0.168. The van der Waals surface area contributed by atoms with Crippen LogP contribution in [0.3, 0.4) is 0 Å². The number of hydrogen-bond donors (Lipinski definition) is 2. The first-order valence-electron chi connectivity index (χ1n) is 6.75. The third kappa shape index (κ3) is 3.52. The lowest BCUT2D eigenvalue weighted by Gasteiger charge is -2.31. The van der Waals surface area contributed by atoms with Crippen molar-refractivity contribution in [3.05, 3.63) is 0 Å². The van der Waals surface area contributed by atoms with Crippen LogP contribution in [-0.2, 0) is 14.3 Å². The van der Waals surface area contributed by atoms with Gasteiger partial charge in [0.05, 0.1) is 6.61 Å². The average molecular weight is 285 g/mol. The Morgan fingerprint density at radius 1 is 1.45 bits per heavy atom. The lowest BCUT2D eigenvalue weighted by atomic mass is 10.0. The zero-order valence-electron chi connectivity index (χ0n) is 11.4. The van der Waals surface area contributed by atoms with Crippen LogP contribution >= 0.6 is 0 Å². The van der Waals surface area contributed by atoms with Crippen molar-refractivity contribution in [3.8, 4) is 0 Å². The molecule has 2 saturated heterocycles. The fraction of sp³-hybridized carbons (Fsp3) is 0.750. The summed E-state index contributed by atoms with van der Waals surface area (Å²) in [6.45, 7) is 3.29. The van der Waals surface area contributed by atoms with Gasteiger partial charge in [0.1, 0.15) is 12.6 Å². The van der Waals surface area contributed by atoms with E-state index in [0.717, 1.165) is 0 Å². The first kappa shape index (κ1) is 14.4. The van der Waals surface area contributed by atoms with E-state index in [1.807, 2.05) is 0 Å². The molecule has 0 radical (unpaired) electrons. The molecule has 2 N–H and O–H groups in total. The maximum atomic E-state index is 11.9. The van der Waals surface area contributed by atoms with Crippen LogP contribution in [0, 0.1) is 0 Å². The summed E-state index contributed by atoms with van der Waals surface area (Å²) in [5, 5.41) is 5.29. The molecule has 2 rings (SSSR count). The second-order valence-electron chi connectivity index (χ2n) is 4.76. The van der Waals surface area contributed by atoms with Crippen LogP contribution in [0.25, 0.3) is 0 Å². The van der Waals surface area contributed by atoms with Crippen LogP contribution in [-0.4, -0.2) is 61.4 Å². The lowest BCUT2D eigenvalue weighted by Crippen LogP contribution is -2.51. The summed E-state index contributed by atoms with van der Waals surface area (Å²) in [5.41, 5.74) is 0. The number of likely N-dealkylation sites (tertiary alicyclic amines) is 1. The van der Waals surface area contributed by atoms with Gasteiger partial charge in [-0.25, -0.2) is 9.59 Å². The molecule has 1 unspecified atom stereocenters. The van der Waals surface area contributed by atoms with Gasteiger partial charge in [0, 0.05) is 19.1 Å². The number of carbonyl (C=O) groups excluding carboxylic acids is 3. The van der Waals surface area contributed by atoms with Gasteiger partial charge in [-0.3, -0.25) is 4.79 Å². The zero-order valence-corrected chi connectivity index (χ0v) is 11.4. The fourth-order valence-corrected chi connectivity index (χ4v) is 2.25. The van der Waals surface area contributed by atoms with Gasteiger partial charge < -0.3 is 25.0 Å². The van der Waals surface area contributed by atoms with Gasteiger partial charge in [0.25, 0.3) is 0 Å². The quantitative estimate of drug-likeness (QED) is 0.750. The number of alkyl carbamates (subject to hydrolysis) is 1. The predicted molar refractivity (Wildman–Crippen MR) is 68.0 cm³/mol. The molecule has 2 fully saturated rings. The molecular formula is C12H19N3O5. The van der Waals surface area contributed by atoms with Crippen molar-refractivity contribution in [3.63, 3.8) is 0 Å². The largest absolute Gasteiger partial charge is 0.450 e. The standard InChI is InChI=1S/C12H19N3O5/c1-2-19-12(18)15-5-3-8(4-6-15)13-10(16)9-7-20-11(17)14-9/h8-9H,2-7H2,1H3,(H,13,16)(H,14,17). The van der Waals surface area contributed by atoms with E-state index in [0.29, 0.717) is 32.5 Å². The molecule has 0 bridgehead atoms. The molecule has 112 valence electrons. The Balaban J connectivity index is 1.73. The molecule has 20 heavy (non-hydrogen) atoms. The first-order valence-corrected chi connectivity index (χ1v) is 6.75. The summed E-state index contributed by atoms with van der Waals surface area (Å²) in [7, 11) is 0. The molecule has 0 aromatic carbocycles. The smallest absolute Gasteiger partial charge is 0.409 e. The molecule has 2 heterocycles. The van der Waals surface area contributed by atoms with Gasteiger partial charge in [0.15, 0.2) is 0 Å². The van der Waals surface area contributed by atoms with Gasteiger partial charge in [-0.1, -0.05) is 0 Å². The highest BCUT2D eigenvalue weighted by Crippen LogP contribution is 2.12. The highest BCUT2D eigenvalue weighted by Gasteiger charge is 2.31. The summed E-state index contributed by atoms with van der Waals surface area (Å²) in [4.78, 5) is 35.9. The second-order valence-corrected chi connectivity index (χ2v) is 4.76. The first-order chi connectivity index (χ1) is 9.60. The number of amides is 3. The van der Waals surface area contributed by atoms with Crippen molar-refractivity contribution in [1.82, 2.24) is 15.5 Å². The van der Waals surface area contributed by atoms with E-state index < -0.39 is 12.1 Å². The van der Waals surface area contributed by atoms with Crippen molar-refractivity contribution in [2.24, 2.45) is 0 Å². The van der Waals surface area contributed by atoms with Crippen LogP contribution in [0.15, 0.2) is 0 Å². The molecule has 0 aromatic rings. The summed E-state index contributed by atoms with van der Waals surface area (Å²) in [6.07, 6.45) is 0.467. The zero-order chi connectivity index (χ0) is 14.5. The minimum absolute atomic E-state index is 0.00526. The molecule has 8 heteroatoms. The molecule has 8 nitrogen and oxygen atoms in total. The van der Waals surface area contributed by atoms with Crippen molar-refractivity contribution in [1.29, 1.82) is 0 Å². The van der Waals surface area contributed by atoms with Gasteiger partial charge in [-0.15, -0.1) is 0 Å². The SMILES string of the molecule is CCOC(=O)N1CCC(NC(=O)C2COC(=O)N2)CC1. The maximum Gasteiger partial charge on any atom is 0.409 e. The number of piperidine rings is 1. The molecule has 2 aliphatic rings. The van der Waals surface area contributed by atoms with Crippen LogP contribution < -0.4 is 10.6 Å². The van der Waals surface area contributed by atoms with Crippen LogP contribution in [0.2, 0.25) is 0 Å². The second kappa shape index (κ2) is 6.44. The third-order valence-electron chi connectivity index (χ3n) is 3.36. The van der Waals surface area contributed by atoms with Gasteiger partial charge in [-0.05, 0) is 19.8 Å². The van der Waals surface area contributed by atoms with E-state index in [1.165, 1.54) is 0 Å². The summed E-state index contributed by atoms with van der Waals surface area (Å²) in [6, 6.07) is -0.615. The number of carbonyl (C=O) groups is 3. The molecule has 3 amide bonds. The number of hydrogen-bond acceptors (Lipinski definition) is 5. The van der Waals surface area contributed by atoms with Crippen molar-refractivity contribution in [2.45, 2.75) is 31.8 Å². The molecule has 0 aromatic heterocycles. The number of cyclic esters (lactones) is 1. The van der Waals surface area contributed by atoms with E-state index >= 15 is 0 Å². The van der Waals surface area contributed by atoms with Crippen LogP contribution in [0.1, 0.15) is 19.8 Å². The number of ether oxygens (including phenoxy) is 2. The lowest BCUT2D eigenvalue weighted by molar-refractivity contribution is -0.123. The van der Waals surface area contributed by atoms with Crippen molar-refractivity contribution >= 4 is 18.1 Å². The Morgan fingerprint density at radius 2 is 2.15 bits per heavy atom. The summed E-state index contributed by atoms with van der Waals surface area (Å²) in [5.74, 6) is -0.245. The molecule has 0 spiro atoms. The van der Waals surface area contributed by atoms with Gasteiger partial charge in [-0.2, -0.15) is 0 Å². The Morgan fingerprint density at radius 3 is 2.70 bits per heavy atom. The van der Waals surface area contributed by atoms with E-state index in [1.54, 1.807) is 11.8 Å². The fourth-order valence-electron chi connectivity index (χ4n) is 2.25. The Labute approximate surface area is 116 Å². The minimum Gasteiger partial charge on any atom is -0.450 e. The normalized spacial score (nSPS) is 22.9. The van der Waals surface area contributed by atoms with Crippen LogP contribution in [0.5, 0.6) is 0 Å². The van der Waals surface area contributed by atoms with Gasteiger partial charge in [0.2, 0.25) is 5.91 Å². The van der Waals surface area contributed by atoms with E-state index in [2.05, 4.69) is 15.4 Å². The highest BCUT2D eigenvalue weighted by atomic mass is 16.6. The average Bonchev–Trinajstić information content (AvgIpc) is 2.86. The molecule has 1 atom stereocenters. The molecule has 2 aliphatic heterocycles. The number of nitrogens with one attached hydrogen (secondary N) is 2. The topological polar surface area (TPSA) is 97.0 Å². The third-order valence-corrected chi connectivity index (χ3v) is 3.36. The van der Waals surface area contributed by atoms with Gasteiger partial charge >= 0.3 is 12.2 Å².